The normalized spacial score (nSPS) is 15.0. The number of piperazine rings is 2. The molecule has 0 unspecified atom stereocenters. The number of benzene rings is 2. The molecule has 0 saturated carbocycles. The summed E-state index contributed by atoms with van der Waals surface area (Å²) in [6.45, 7) is 3.51. The number of halogens is 6. The molecule has 21 heteroatoms. The van der Waals surface area contributed by atoms with E-state index >= 15 is 0 Å². The first-order chi connectivity index (χ1) is 26.1. The first-order valence-corrected chi connectivity index (χ1v) is 17.9. The number of hydrogen-bond donors (Lipinski definition) is 9. The summed E-state index contributed by atoms with van der Waals surface area (Å²) in [6, 6.07) is 1.81. The number of aliphatic imine (C=N–C) groups is 1. The zero-order chi connectivity index (χ0) is 40.2. The van der Waals surface area contributed by atoms with E-state index in [1.54, 1.807) is 9.80 Å². The molecule has 12 N–H and O–H groups in total. The summed E-state index contributed by atoms with van der Waals surface area (Å²) in [6.07, 6.45) is -8.24. The zero-order valence-electron chi connectivity index (χ0n) is 30.2. The fourth-order valence-corrected chi connectivity index (χ4v) is 6.17. The van der Waals surface area contributed by atoms with Gasteiger partial charge in [-0.15, -0.1) is 0 Å². The number of unbranched alkanes of at least 4 members (excludes halogenated alkanes) is 2. The summed E-state index contributed by atoms with van der Waals surface area (Å²) in [5, 5.41) is 16.2. The van der Waals surface area contributed by atoms with E-state index < -0.39 is 41.3 Å². The maximum absolute atomic E-state index is 14.3. The molecule has 2 aliphatic rings. The molecule has 2 saturated heterocycles. The van der Waals surface area contributed by atoms with Crippen molar-refractivity contribution < 1.29 is 40.7 Å². The van der Waals surface area contributed by atoms with Gasteiger partial charge in [-0.25, -0.2) is 4.79 Å². The van der Waals surface area contributed by atoms with Crippen molar-refractivity contribution >= 4 is 57.9 Å². The van der Waals surface area contributed by atoms with Gasteiger partial charge < -0.3 is 58.9 Å². The number of carbonyl (C=O) groups is 3. The molecular weight excluding hydrogens is 738 g/mol. The van der Waals surface area contributed by atoms with Crippen LogP contribution in [0, 0.1) is 0 Å². The summed E-state index contributed by atoms with van der Waals surface area (Å²) in [5.41, 5.74) is 12.9. The van der Waals surface area contributed by atoms with Crippen LogP contribution in [0.3, 0.4) is 0 Å². The smallest absolute Gasteiger partial charge is 0.370 e. The van der Waals surface area contributed by atoms with Crippen LogP contribution in [0.2, 0.25) is 0 Å². The van der Waals surface area contributed by atoms with Gasteiger partial charge in [-0.2, -0.15) is 26.3 Å². The first kappa shape index (κ1) is 42.7. The number of urea groups is 1. The molecule has 0 spiro atoms. The molecule has 304 valence electrons. The number of nitrogens with zero attached hydrogens (tertiary/aromatic N) is 3. The third kappa shape index (κ3) is 12.8. The van der Waals surface area contributed by atoms with Crippen molar-refractivity contribution in [1.29, 1.82) is 0 Å². The molecule has 0 aliphatic carbocycles. The molecule has 0 radical (unpaired) electrons. The molecule has 2 heterocycles. The van der Waals surface area contributed by atoms with Crippen LogP contribution < -0.4 is 58.9 Å². The summed E-state index contributed by atoms with van der Waals surface area (Å²) in [4.78, 5) is 46.9. The molecule has 15 nitrogen and oxygen atoms in total. The van der Waals surface area contributed by atoms with Crippen molar-refractivity contribution in [2.24, 2.45) is 22.2 Å². The average molecular weight is 787 g/mol. The molecule has 0 atom stereocenters. The number of guanidine groups is 1. The molecule has 2 fully saturated rings. The second-order valence-electron chi connectivity index (χ2n) is 13.0. The van der Waals surface area contributed by atoms with E-state index in [0.717, 1.165) is 12.1 Å². The molecule has 55 heavy (non-hydrogen) atoms. The molecule has 0 bridgehead atoms. The summed E-state index contributed by atoms with van der Waals surface area (Å²) >= 11 is 0. The van der Waals surface area contributed by atoms with Gasteiger partial charge in [-0.3, -0.25) is 14.6 Å². The predicted molar refractivity (Wildman–Crippen MR) is 200 cm³/mol. The SMILES string of the molecule is NCCCCC(=O)Nc1cc(C(F)(F)F)cc(NC(=O)Nc2cc(C(F)(F)F)cc(NC(=O)CCCCN=C(N)N)c2N2CCNCC2)c1N1CCNCC1. The van der Waals surface area contributed by atoms with E-state index in [-0.39, 0.29) is 72.6 Å². The highest BCUT2D eigenvalue weighted by molar-refractivity contribution is 6.08. The number of carbonyl (C=O) groups excluding carboxylic acids is 3. The zero-order valence-corrected chi connectivity index (χ0v) is 30.2. The number of nitrogens with two attached hydrogens (primary N) is 3. The summed E-state index contributed by atoms with van der Waals surface area (Å²) < 4.78 is 85.7. The monoisotopic (exact) mass is 786 g/mol. The van der Waals surface area contributed by atoms with E-state index in [1.165, 1.54) is 0 Å². The Balaban J connectivity index is 1.74. The lowest BCUT2D eigenvalue weighted by atomic mass is 10.1. The van der Waals surface area contributed by atoms with E-state index in [0.29, 0.717) is 83.6 Å². The second-order valence-corrected chi connectivity index (χ2v) is 13.0. The number of rotatable bonds is 15. The van der Waals surface area contributed by atoms with Crippen LogP contribution in [0.1, 0.15) is 49.7 Å². The Morgan fingerprint density at radius 2 is 1.02 bits per heavy atom. The van der Waals surface area contributed by atoms with Gasteiger partial charge in [0, 0.05) is 71.7 Å². The molecule has 0 aromatic heterocycles. The fraction of sp³-hybridized carbons (Fsp3) is 0.529. The highest BCUT2D eigenvalue weighted by Crippen LogP contribution is 2.44. The van der Waals surface area contributed by atoms with E-state index in [2.05, 4.69) is 36.9 Å². The lowest BCUT2D eigenvalue weighted by Gasteiger charge is -2.34. The standard InChI is InChI=1S/C34H48F6N12O3/c35-33(36,37)21-17-23(47-27(53)5-1-3-7-41)29(51-13-9-44-10-14-51)25(19-21)49-32(55)50-26-20-22(34(38,39)40)18-24(30(26)52-15-11-45-12-16-52)48-28(54)6-2-4-8-46-31(42)43/h17-20,44-45H,1-16,41H2,(H,47,53)(H,48,54)(H4,42,43,46)(H2,49,50,55). The number of anilines is 6. The van der Waals surface area contributed by atoms with Gasteiger partial charge in [0.25, 0.3) is 0 Å². The number of amides is 4. The van der Waals surface area contributed by atoms with Crippen molar-refractivity contribution in [3.63, 3.8) is 0 Å². The maximum atomic E-state index is 14.3. The van der Waals surface area contributed by atoms with Crippen molar-refractivity contribution in [3.05, 3.63) is 35.4 Å². The van der Waals surface area contributed by atoms with Gasteiger partial charge in [0.1, 0.15) is 0 Å². The quantitative estimate of drug-likeness (QED) is 0.0553. The van der Waals surface area contributed by atoms with Gasteiger partial charge >= 0.3 is 18.4 Å². The van der Waals surface area contributed by atoms with Crippen LogP contribution in [0.15, 0.2) is 29.3 Å². The number of alkyl halides is 6. The Labute approximate surface area is 314 Å². The maximum Gasteiger partial charge on any atom is 0.416 e. The summed E-state index contributed by atoms with van der Waals surface area (Å²) in [5.74, 6) is -1.28. The van der Waals surface area contributed by atoms with E-state index in [9.17, 15) is 40.7 Å². The third-order valence-corrected chi connectivity index (χ3v) is 8.75. The minimum atomic E-state index is -4.91. The Kier molecular flexibility index (Phi) is 15.2. The molecule has 2 aromatic rings. The Bertz CT molecular complexity index is 1670. The summed E-state index contributed by atoms with van der Waals surface area (Å²) in [7, 11) is 0. The van der Waals surface area contributed by atoms with Crippen LogP contribution in [0.5, 0.6) is 0 Å². The van der Waals surface area contributed by atoms with Crippen molar-refractivity contribution in [2.75, 3.05) is 96.5 Å². The van der Waals surface area contributed by atoms with Crippen LogP contribution in [0.25, 0.3) is 0 Å². The number of hydrogen-bond acceptors (Lipinski definition) is 9. The van der Waals surface area contributed by atoms with Crippen LogP contribution >= 0.6 is 0 Å². The minimum Gasteiger partial charge on any atom is -0.370 e. The van der Waals surface area contributed by atoms with Gasteiger partial charge in [-0.1, -0.05) is 0 Å². The molecule has 2 aliphatic heterocycles. The highest BCUT2D eigenvalue weighted by atomic mass is 19.4. The lowest BCUT2D eigenvalue weighted by molar-refractivity contribution is -0.138. The largest absolute Gasteiger partial charge is 0.416 e. The topological polar surface area (TPSA) is 220 Å². The molecular formula is C34H48F6N12O3. The fourth-order valence-electron chi connectivity index (χ4n) is 6.17. The van der Waals surface area contributed by atoms with Gasteiger partial charge in [0.15, 0.2) is 5.96 Å². The lowest BCUT2D eigenvalue weighted by Crippen LogP contribution is -2.44. The van der Waals surface area contributed by atoms with Gasteiger partial charge in [0.05, 0.1) is 45.3 Å². The van der Waals surface area contributed by atoms with Crippen LogP contribution in [-0.4, -0.2) is 89.3 Å². The molecule has 2 aromatic carbocycles. The van der Waals surface area contributed by atoms with Crippen LogP contribution in [-0.2, 0) is 21.9 Å². The minimum absolute atomic E-state index is 0.0150. The number of nitrogens with one attached hydrogen (secondary N) is 6. The van der Waals surface area contributed by atoms with E-state index in [4.69, 9.17) is 17.2 Å². The molecule has 4 amide bonds. The second kappa shape index (κ2) is 19.5. The molecule has 4 rings (SSSR count). The third-order valence-electron chi connectivity index (χ3n) is 8.75. The highest BCUT2D eigenvalue weighted by Gasteiger charge is 2.36. The van der Waals surface area contributed by atoms with Crippen molar-refractivity contribution in [2.45, 2.75) is 50.9 Å². The average Bonchev–Trinajstić information content (AvgIpc) is 3.11. The first-order valence-electron chi connectivity index (χ1n) is 17.9. The van der Waals surface area contributed by atoms with Crippen LogP contribution in [0.4, 0.5) is 65.3 Å². The predicted octanol–water partition coefficient (Wildman–Crippen LogP) is 3.64. The van der Waals surface area contributed by atoms with Crippen molar-refractivity contribution in [3.8, 4) is 0 Å². The Morgan fingerprint density at radius 1 is 0.636 bits per heavy atom. The van der Waals surface area contributed by atoms with Crippen molar-refractivity contribution in [1.82, 2.24) is 10.6 Å². The van der Waals surface area contributed by atoms with E-state index in [1.807, 2.05) is 0 Å². The van der Waals surface area contributed by atoms with Gasteiger partial charge in [-0.05, 0) is 56.5 Å². The Hall–Kier alpha value is -5.02. The van der Waals surface area contributed by atoms with Gasteiger partial charge in [0.2, 0.25) is 11.8 Å². The Morgan fingerprint density at radius 3 is 1.38 bits per heavy atom.